The number of aliphatic hydroxyl groups is 1. The highest BCUT2D eigenvalue weighted by Crippen LogP contribution is 2.32. The molecule has 0 bridgehead atoms. The van der Waals surface area contributed by atoms with Crippen LogP contribution in [0.4, 0.5) is 0 Å². The molecule has 0 aliphatic heterocycles. The van der Waals surface area contributed by atoms with Gasteiger partial charge in [-0.15, -0.1) is 0 Å². The van der Waals surface area contributed by atoms with E-state index in [1.807, 2.05) is 25.1 Å². The summed E-state index contributed by atoms with van der Waals surface area (Å²) in [4.78, 5) is 24.3. The van der Waals surface area contributed by atoms with E-state index in [0.717, 1.165) is 5.56 Å². The maximum Gasteiger partial charge on any atom is 0.339 e. The molecule has 0 fully saturated rings. The number of amides is 1. The highest BCUT2D eigenvalue weighted by molar-refractivity contribution is 6.32. The molecule has 0 aliphatic carbocycles. The van der Waals surface area contributed by atoms with Crippen molar-refractivity contribution in [2.75, 3.05) is 6.54 Å². The van der Waals surface area contributed by atoms with E-state index in [1.54, 1.807) is 32.0 Å². The molecule has 0 saturated heterocycles. The molecule has 2 aromatic carbocycles. The van der Waals surface area contributed by atoms with Crippen LogP contribution in [-0.2, 0) is 4.79 Å². The Kier molecular flexibility index (Phi) is 6.25. The van der Waals surface area contributed by atoms with Crippen molar-refractivity contribution >= 4 is 28.5 Å². The molecule has 0 saturated carbocycles. The smallest absolute Gasteiger partial charge is 0.339 e. The van der Waals surface area contributed by atoms with Crippen LogP contribution in [0, 0.1) is 13.8 Å². The minimum absolute atomic E-state index is 0.0509. The van der Waals surface area contributed by atoms with Crippen molar-refractivity contribution in [1.29, 1.82) is 0 Å². The van der Waals surface area contributed by atoms with Crippen LogP contribution < -0.4 is 15.7 Å². The Morgan fingerprint density at radius 2 is 1.90 bits per heavy atom. The van der Waals surface area contributed by atoms with Crippen molar-refractivity contribution in [2.24, 2.45) is 0 Å². The quantitative estimate of drug-likeness (QED) is 0.599. The lowest BCUT2D eigenvalue weighted by molar-refractivity contribution is -0.127. The van der Waals surface area contributed by atoms with E-state index in [0.29, 0.717) is 27.1 Å². The zero-order chi connectivity index (χ0) is 21.1. The molecule has 0 spiro atoms. The second-order valence-corrected chi connectivity index (χ2v) is 7.26. The third-order valence-corrected chi connectivity index (χ3v) is 5.13. The molecule has 7 heteroatoms. The third kappa shape index (κ3) is 4.60. The van der Waals surface area contributed by atoms with Crippen molar-refractivity contribution in [3.05, 3.63) is 74.6 Å². The second-order valence-electron chi connectivity index (χ2n) is 6.85. The van der Waals surface area contributed by atoms with Crippen molar-refractivity contribution in [3.8, 4) is 5.75 Å². The largest absolute Gasteiger partial charge is 0.479 e. The van der Waals surface area contributed by atoms with Crippen molar-refractivity contribution in [1.82, 2.24) is 5.32 Å². The van der Waals surface area contributed by atoms with E-state index < -0.39 is 23.7 Å². The normalized spacial score (nSPS) is 13.1. The summed E-state index contributed by atoms with van der Waals surface area (Å²) in [6, 6.07) is 12.2. The number of carbonyl (C=O) groups excluding carboxylic acids is 1. The number of fused-ring (bicyclic) bond motifs is 1. The monoisotopic (exact) mass is 415 g/mol. The average Bonchev–Trinajstić information content (AvgIpc) is 2.72. The summed E-state index contributed by atoms with van der Waals surface area (Å²) in [5.74, 6) is -0.172. The van der Waals surface area contributed by atoms with Crippen LogP contribution in [0.1, 0.15) is 29.7 Å². The fraction of sp³-hybridized carbons (Fsp3) is 0.273. The maximum absolute atomic E-state index is 12.3. The minimum atomic E-state index is -0.869. The number of aryl methyl sites for hydroxylation is 1. The highest BCUT2D eigenvalue weighted by Gasteiger charge is 2.19. The Morgan fingerprint density at radius 3 is 2.59 bits per heavy atom. The lowest BCUT2D eigenvalue weighted by atomic mass is 10.1. The maximum atomic E-state index is 12.3. The molecule has 1 aromatic heterocycles. The van der Waals surface area contributed by atoms with Crippen LogP contribution in [0.15, 0.2) is 51.7 Å². The lowest BCUT2D eigenvalue weighted by Crippen LogP contribution is -2.38. The molecular formula is C22H22ClNO5. The summed E-state index contributed by atoms with van der Waals surface area (Å²) in [5.41, 5.74) is 1.92. The van der Waals surface area contributed by atoms with Crippen LogP contribution in [-0.4, -0.2) is 23.7 Å². The zero-order valence-electron chi connectivity index (χ0n) is 16.4. The van der Waals surface area contributed by atoms with Crippen molar-refractivity contribution in [2.45, 2.75) is 33.0 Å². The van der Waals surface area contributed by atoms with Gasteiger partial charge in [-0.3, -0.25) is 4.79 Å². The number of aliphatic hydroxyl groups excluding tert-OH is 1. The number of hydrogen-bond acceptors (Lipinski definition) is 5. The van der Waals surface area contributed by atoms with E-state index in [4.69, 9.17) is 20.8 Å². The van der Waals surface area contributed by atoms with E-state index in [9.17, 15) is 14.7 Å². The van der Waals surface area contributed by atoms with E-state index >= 15 is 0 Å². The van der Waals surface area contributed by atoms with Gasteiger partial charge >= 0.3 is 5.63 Å². The lowest BCUT2D eigenvalue weighted by Gasteiger charge is -2.18. The van der Waals surface area contributed by atoms with E-state index in [-0.39, 0.29) is 12.3 Å². The minimum Gasteiger partial charge on any atom is -0.479 e. The number of halogens is 1. The SMILES string of the molecule is Cc1c(C)c2cc(Cl)c(O[C@@H](C)C(=O)NC[C@H](O)c3ccccc3)cc2oc1=O. The van der Waals surface area contributed by atoms with Gasteiger partial charge in [0.25, 0.3) is 5.91 Å². The molecule has 3 aromatic rings. The molecule has 2 N–H and O–H groups in total. The van der Waals surface area contributed by atoms with Crippen molar-refractivity contribution in [3.63, 3.8) is 0 Å². The summed E-state index contributed by atoms with van der Waals surface area (Å²) in [6.45, 7) is 5.13. The van der Waals surface area contributed by atoms with Gasteiger partial charge in [0.2, 0.25) is 0 Å². The van der Waals surface area contributed by atoms with Gasteiger partial charge in [-0.1, -0.05) is 41.9 Å². The van der Waals surface area contributed by atoms with Crippen LogP contribution in [0.2, 0.25) is 5.02 Å². The molecule has 1 amide bonds. The molecule has 29 heavy (non-hydrogen) atoms. The van der Waals surface area contributed by atoms with E-state index in [1.165, 1.54) is 6.07 Å². The predicted octanol–water partition coefficient (Wildman–Crippen LogP) is 3.68. The number of ether oxygens (including phenoxy) is 1. The third-order valence-electron chi connectivity index (χ3n) is 4.84. The topological polar surface area (TPSA) is 88.8 Å². The average molecular weight is 416 g/mol. The molecule has 0 radical (unpaired) electrons. The van der Waals surface area contributed by atoms with Gasteiger partial charge in [-0.05, 0) is 38.0 Å². The van der Waals surface area contributed by atoms with Gasteiger partial charge in [0.1, 0.15) is 11.3 Å². The Morgan fingerprint density at radius 1 is 1.21 bits per heavy atom. The number of carbonyl (C=O) groups is 1. The van der Waals surface area contributed by atoms with Crippen LogP contribution in [0.5, 0.6) is 5.75 Å². The van der Waals surface area contributed by atoms with Gasteiger partial charge < -0.3 is 19.6 Å². The summed E-state index contributed by atoms with van der Waals surface area (Å²) in [5, 5.41) is 13.8. The van der Waals surface area contributed by atoms with Crippen molar-refractivity contribution < 1.29 is 19.1 Å². The Hall–Kier alpha value is -2.83. The van der Waals surface area contributed by atoms with Gasteiger partial charge in [-0.2, -0.15) is 0 Å². The molecule has 6 nitrogen and oxygen atoms in total. The first-order chi connectivity index (χ1) is 13.8. The first-order valence-corrected chi connectivity index (χ1v) is 9.56. The second kappa shape index (κ2) is 8.68. The van der Waals surface area contributed by atoms with Gasteiger partial charge in [0.15, 0.2) is 6.10 Å². The van der Waals surface area contributed by atoms with Crippen LogP contribution in [0.25, 0.3) is 11.0 Å². The van der Waals surface area contributed by atoms with Gasteiger partial charge in [-0.25, -0.2) is 4.79 Å². The Balaban J connectivity index is 1.71. The molecule has 152 valence electrons. The van der Waals surface area contributed by atoms with Gasteiger partial charge in [0, 0.05) is 23.6 Å². The molecular weight excluding hydrogens is 394 g/mol. The standard InChI is InChI=1S/C22H22ClNO5/c1-12-13(2)22(27)29-19-10-20(17(23)9-16(12)19)28-14(3)21(26)24-11-18(25)15-7-5-4-6-8-15/h4-10,14,18,25H,11H2,1-3H3,(H,24,26)/t14-,18-/m0/s1. The van der Waals surface area contributed by atoms with Crippen LogP contribution >= 0.6 is 11.6 Å². The Bertz CT molecular complexity index is 1090. The van der Waals surface area contributed by atoms with Crippen LogP contribution in [0.3, 0.4) is 0 Å². The number of rotatable bonds is 6. The summed E-state index contributed by atoms with van der Waals surface area (Å²) in [6.07, 6.45) is -1.69. The first-order valence-electron chi connectivity index (χ1n) is 9.19. The number of benzene rings is 2. The predicted molar refractivity (Wildman–Crippen MR) is 111 cm³/mol. The fourth-order valence-electron chi connectivity index (χ4n) is 2.91. The zero-order valence-corrected chi connectivity index (χ0v) is 17.1. The van der Waals surface area contributed by atoms with E-state index in [2.05, 4.69) is 5.32 Å². The summed E-state index contributed by atoms with van der Waals surface area (Å²) < 4.78 is 11.0. The van der Waals surface area contributed by atoms with Gasteiger partial charge in [0.05, 0.1) is 11.1 Å². The Labute approximate surface area is 173 Å². The summed E-state index contributed by atoms with van der Waals surface area (Å²) >= 11 is 6.31. The first kappa shape index (κ1) is 20.9. The molecule has 0 unspecified atom stereocenters. The molecule has 0 aliphatic rings. The highest BCUT2D eigenvalue weighted by atomic mass is 35.5. The molecule has 3 rings (SSSR count). The molecule has 2 atom stereocenters. The number of nitrogens with one attached hydrogen (secondary N) is 1. The number of hydrogen-bond donors (Lipinski definition) is 2. The summed E-state index contributed by atoms with van der Waals surface area (Å²) in [7, 11) is 0. The fourth-order valence-corrected chi connectivity index (χ4v) is 3.12. The molecule has 1 heterocycles.